The molecular formula is C34H46ClNO6. The number of alkyl halides is 1. The lowest BCUT2D eigenvalue weighted by Crippen LogP contribution is -2.36. The molecule has 0 radical (unpaired) electrons. The number of rotatable bonds is 12. The van der Waals surface area contributed by atoms with Gasteiger partial charge in [0.25, 0.3) is 0 Å². The van der Waals surface area contributed by atoms with Crippen molar-refractivity contribution in [3.63, 3.8) is 0 Å². The number of fused-ring (bicyclic) bond motifs is 1. The van der Waals surface area contributed by atoms with Crippen LogP contribution in [0, 0.1) is 46.8 Å². The summed E-state index contributed by atoms with van der Waals surface area (Å²) in [5.41, 5.74) is -0.506. The molecule has 0 aromatic heterocycles. The highest BCUT2D eigenvalue weighted by atomic mass is 35.5. The average Bonchev–Trinajstić information content (AvgIpc) is 3.62. The molecule has 0 spiro atoms. The highest BCUT2D eigenvalue weighted by molar-refractivity contribution is 6.18. The summed E-state index contributed by atoms with van der Waals surface area (Å²) >= 11 is 5.96. The lowest BCUT2D eigenvalue weighted by atomic mass is 9.79. The van der Waals surface area contributed by atoms with Crippen molar-refractivity contribution in [2.45, 2.75) is 71.3 Å². The number of allylic oxidation sites excluding steroid dienone is 4. The van der Waals surface area contributed by atoms with E-state index in [4.69, 9.17) is 21.1 Å². The highest BCUT2D eigenvalue weighted by Gasteiger charge is 2.50. The van der Waals surface area contributed by atoms with E-state index in [9.17, 15) is 19.2 Å². The van der Waals surface area contributed by atoms with Gasteiger partial charge in [0.05, 0.1) is 23.1 Å². The fraction of sp³-hybridized carbons (Fsp3) is 0.647. The minimum atomic E-state index is -0.759. The SMILES string of the molecule is C=CC1CC(/C=C\C2CC(C=C)C(CN3C(=O)C4CCCCC4C3=O)C2)C(C)(C(=O)OCC(CCl)OC(=O)C(=C)C)C1. The summed E-state index contributed by atoms with van der Waals surface area (Å²) in [6, 6.07) is 0. The van der Waals surface area contributed by atoms with E-state index in [1.807, 2.05) is 19.1 Å². The first-order valence-corrected chi connectivity index (χ1v) is 15.9. The van der Waals surface area contributed by atoms with E-state index in [0.717, 1.165) is 44.9 Å². The Kier molecular flexibility index (Phi) is 10.6. The molecular weight excluding hydrogens is 554 g/mol. The summed E-state index contributed by atoms with van der Waals surface area (Å²) in [6.07, 6.45) is 14.3. The van der Waals surface area contributed by atoms with Crippen molar-refractivity contribution in [3.8, 4) is 0 Å². The molecule has 3 saturated carbocycles. The van der Waals surface area contributed by atoms with Crippen LogP contribution in [0.2, 0.25) is 0 Å². The summed E-state index contributed by atoms with van der Waals surface area (Å²) in [5, 5.41) is 0. The zero-order valence-corrected chi connectivity index (χ0v) is 25.9. The van der Waals surface area contributed by atoms with Crippen molar-refractivity contribution in [2.24, 2.45) is 46.8 Å². The van der Waals surface area contributed by atoms with Crippen LogP contribution in [0.5, 0.6) is 0 Å². The monoisotopic (exact) mass is 599 g/mol. The lowest BCUT2D eigenvalue weighted by molar-refractivity contribution is -0.163. The number of ether oxygens (including phenoxy) is 2. The average molecular weight is 600 g/mol. The zero-order chi connectivity index (χ0) is 30.6. The molecule has 8 heteroatoms. The van der Waals surface area contributed by atoms with E-state index in [-0.39, 0.29) is 77.3 Å². The zero-order valence-electron chi connectivity index (χ0n) is 25.1. The molecule has 1 aliphatic heterocycles. The van der Waals surface area contributed by atoms with Gasteiger partial charge in [-0.15, -0.1) is 24.8 Å². The van der Waals surface area contributed by atoms with E-state index in [0.29, 0.717) is 13.0 Å². The van der Waals surface area contributed by atoms with Gasteiger partial charge in [0.15, 0.2) is 0 Å². The van der Waals surface area contributed by atoms with Crippen LogP contribution in [0.4, 0.5) is 0 Å². The Morgan fingerprint density at radius 2 is 1.71 bits per heavy atom. The van der Waals surface area contributed by atoms with Crippen LogP contribution in [-0.2, 0) is 28.7 Å². The number of carbonyl (C=O) groups is 4. The first-order chi connectivity index (χ1) is 20.0. The summed E-state index contributed by atoms with van der Waals surface area (Å²) in [7, 11) is 0. The van der Waals surface area contributed by atoms with E-state index < -0.39 is 17.5 Å². The number of likely N-dealkylation sites (tertiary alicyclic amines) is 1. The Labute approximate surface area is 255 Å². The maximum absolute atomic E-state index is 13.4. The molecule has 3 aliphatic carbocycles. The van der Waals surface area contributed by atoms with Crippen molar-refractivity contribution in [1.82, 2.24) is 4.90 Å². The van der Waals surface area contributed by atoms with E-state index in [2.05, 4.69) is 31.9 Å². The van der Waals surface area contributed by atoms with E-state index in [1.165, 1.54) is 0 Å². The molecule has 1 saturated heterocycles. The molecule has 230 valence electrons. The van der Waals surface area contributed by atoms with Crippen molar-refractivity contribution >= 4 is 35.4 Å². The molecule has 2 amide bonds. The van der Waals surface area contributed by atoms with Crippen LogP contribution in [-0.4, -0.2) is 53.8 Å². The molecule has 9 atom stereocenters. The lowest BCUT2D eigenvalue weighted by Gasteiger charge is -2.28. The van der Waals surface area contributed by atoms with Gasteiger partial charge >= 0.3 is 11.9 Å². The Hall–Kier alpha value is -2.67. The minimum absolute atomic E-state index is 0.00484. The third-order valence-electron chi connectivity index (χ3n) is 10.1. The van der Waals surface area contributed by atoms with Gasteiger partial charge in [-0.3, -0.25) is 19.3 Å². The van der Waals surface area contributed by atoms with E-state index >= 15 is 0 Å². The van der Waals surface area contributed by atoms with Crippen LogP contribution < -0.4 is 0 Å². The maximum atomic E-state index is 13.4. The fourth-order valence-electron chi connectivity index (χ4n) is 7.56. The second-order valence-corrected chi connectivity index (χ2v) is 13.4. The summed E-state index contributed by atoms with van der Waals surface area (Å²) in [5.74, 6) is -0.323. The Bertz CT molecular complexity index is 1110. The molecule has 4 aliphatic rings. The summed E-state index contributed by atoms with van der Waals surface area (Å²) < 4.78 is 10.9. The third kappa shape index (κ3) is 6.77. The number of esters is 2. The van der Waals surface area contributed by atoms with Gasteiger partial charge in [-0.2, -0.15) is 0 Å². The smallest absolute Gasteiger partial charge is 0.333 e. The van der Waals surface area contributed by atoms with Gasteiger partial charge < -0.3 is 9.47 Å². The first kappa shape index (κ1) is 32.2. The fourth-order valence-corrected chi connectivity index (χ4v) is 7.71. The quantitative estimate of drug-likeness (QED) is 0.0894. The molecule has 42 heavy (non-hydrogen) atoms. The van der Waals surface area contributed by atoms with Gasteiger partial charge in [0.1, 0.15) is 12.7 Å². The van der Waals surface area contributed by atoms with Gasteiger partial charge in [0.2, 0.25) is 11.8 Å². The molecule has 0 bridgehead atoms. The molecule has 4 rings (SSSR count). The highest BCUT2D eigenvalue weighted by Crippen LogP contribution is 2.49. The molecule has 1 heterocycles. The molecule has 9 unspecified atom stereocenters. The Morgan fingerprint density at radius 1 is 1.05 bits per heavy atom. The topological polar surface area (TPSA) is 90.0 Å². The Morgan fingerprint density at radius 3 is 2.29 bits per heavy atom. The second kappa shape index (κ2) is 13.7. The number of nitrogens with zero attached hydrogens (tertiary/aromatic N) is 1. The van der Waals surface area contributed by atoms with Crippen molar-refractivity contribution < 1.29 is 28.7 Å². The molecule has 4 fully saturated rings. The van der Waals surface area contributed by atoms with Crippen molar-refractivity contribution in [2.75, 3.05) is 19.0 Å². The molecule has 0 aromatic rings. The van der Waals surface area contributed by atoms with Crippen LogP contribution in [0.1, 0.15) is 65.2 Å². The van der Waals surface area contributed by atoms with Crippen molar-refractivity contribution in [1.29, 1.82) is 0 Å². The number of halogens is 1. The second-order valence-electron chi connectivity index (χ2n) is 13.1. The molecule has 0 N–H and O–H groups in total. The number of amides is 2. The molecule has 0 aromatic carbocycles. The van der Waals surface area contributed by atoms with Crippen LogP contribution in [0.15, 0.2) is 49.6 Å². The van der Waals surface area contributed by atoms with Gasteiger partial charge in [-0.05, 0) is 82.0 Å². The third-order valence-corrected chi connectivity index (χ3v) is 10.5. The van der Waals surface area contributed by atoms with Gasteiger partial charge in [0, 0.05) is 12.1 Å². The van der Waals surface area contributed by atoms with Crippen LogP contribution in [0.25, 0.3) is 0 Å². The predicted molar refractivity (Wildman–Crippen MR) is 162 cm³/mol. The number of hydrogen-bond acceptors (Lipinski definition) is 6. The Balaban J connectivity index is 1.39. The number of carbonyl (C=O) groups excluding carboxylic acids is 4. The molecule has 7 nitrogen and oxygen atoms in total. The minimum Gasteiger partial charge on any atom is -0.461 e. The normalized spacial score (nSPS) is 35.2. The largest absolute Gasteiger partial charge is 0.461 e. The maximum Gasteiger partial charge on any atom is 0.333 e. The van der Waals surface area contributed by atoms with Crippen LogP contribution in [0.3, 0.4) is 0 Å². The first-order valence-electron chi connectivity index (χ1n) is 15.4. The van der Waals surface area contributed by atoms with Crippen molar-refractivity contribution in [3.05, 3.63) is 49.6 Å². The summed E-state index contributed by atoms with van der Waals surface area (Å²) in [4.78, 5) is 53.0. The standard InChI is InChI=1S/C34H46ClNO6/c1-6-22-16-26(34(5,17-22)33(40)41-20-27(18-35)42-32(39)21(3)4)13-12-23-14-24(7-2)25(15-23)19-36-30(37)28-10-8-9-11-29(28)31(36)38/h6-7,12-13,22-29H,1-3,8-11,14-20H2,4-5H3/b13-12-. The van der Waals surface area contributed by atoms with Gasteiger partial charge in [-0.1, -0.05) is 43.7 Å². The summed E-state index contributed by atoms with van der Waals surface area (Å²) in [6.45, 7) is 15.4. The predicted octanol–water partition coefficient (Wildman–Crippen LogP) is 6.03. The number of hydrogen-bond donors (Lipinski definition) is 0. The van der Waals surface area contributed by atoms with E-state index in [1.54, 1.807) is 11.8 Å². The van der Waals surface area contributed by atoms with Crippen LogP contribution >= 0.6 is 11.6 Å². The number of imide groups is 1. The van der Waals surface area contributed by atoms with Gasteiger partial charge in [-0.25, -0.2) is 4.79 Å².